The lowest BCUT2D eigenvalue weighted by molar-refractivity contribution is 0.502. The Hall–Kier alpha value is -1.81. The van der Waals surface area contributed by atoms with Crippen LogP contribution >= 0.6 is 0 Å². The monoisotopic (exact) mass is 287 g/mol. The number of rotatable bonds is 8. The van der Waals surface area contributed by atoms with E-state index in [4.69, 9.17) is 4.42 Å². The van der Waals surface area contributed by atoms with Crippen molar-refractivity contribution in [3.8, 4) is 0 Å². The Kier molecular flexibility index (Phi) is 5.81. The van der Waals surface area contributed by atoms with Gasteiger partial charge in [-0.25, -0.2) is 4.98 Å². The number of nitrogens with zero attached hydrogens (tertiary/aromatic N) is 2. The van der Waals surface area contributed by atoms with Crippen LogP contribution in [0.1, 0.15) is 44.6 Å². The molecule has 0 saturated carbocycles. The lowest BCUT2D eigenvalue weighted by atomic mass is 10.1. The van der Waals surface area contributed by atoms with Gasteiger partial charge in [0.1, 0.15) is 11.6 Å². The molecule has 0 saturated heterocycles. The van der Waals surface area contributed by atoms with Crippen LogP contribution in [0.15, 0.2) is 41.1 Å². The summed E-state index contributed by atoms with van der Waals surface area (Å²) in [6.45, 7) is 9.18. The highest BCUT2D eigenvalue weighted by Gasteiger charge is 2.11. The average Bonchev–Trinajstić information content (AvgIpc) is 3.03. The molecule has 4 nitrogen and oxygen atoms in total. The molecule has 0 aromatic carbocycles. The molecule has 0 aliphatic rings. The second-order valence-electron chi connectivity index (χ2n) is 5.22. The summed E-state index contributed by atoms with van der Waals surface area (Å²) in [4.78, 5) is 6.73. The molecule has 1 N–H and O–H groups in total. The van der Waals surface area contributed by atoms with Gasteiger partial charge in [-0.2, -0.15) is 0 Å². The minimum atomic E-state index is 0.342. The van der Waals surface area contributed by atoms with Crippen molar-refractivity contribution in [2.75, 3.05) is 18.0 Å². The van der Waals surface area contributed by atoms with Gasteiger partial charge in [-0.1, -0.05) is 6.92 Å². The molecule has 4 heteroatoms. The fourth-order valence-corrected chi connectivity index (χ4v) is 2.30. The first-order valence-electron chi connectivity index (χ1n) is 7.71. The lowest BCUT2D eigenvalue weighted by Gasteiger charge is -2.22. The quantitative estimate of drug-likeness (QED) is 0.802. The van der Waals surface area contributed by atoms with E-state index in [1.54, 1.807) is 6.26 Å². The van der Waals surface area contributed by atoms with Crippen molar-refractivity contribution in [2.24, 2.45) is 0 Å². The molecule has 2 aromatic rings. The molecule has 0 radical (unpaired) electrons. The number of hydrogen-bond donors (Lipinski definition) is 1. The first-order chi connectivity index (χ1) is 10.2. The minimum Gasteiger partial charge on any atom is -0.467 e. The van der Waals surface area contributed by atoms with E-state index in [0.29, 0.717) is 6.04 Å². The van der Waals surface area contributed by atoms with Gasteiger partial charge in [-0.05, 0) is 56.6 Å². The zero-order valence-corrected chi connectivity index (χ0v) is 13.2. The molecule has 2 aromatic heterocycles. The van der Waals surface area contributed by atoms with E-state index in [-0.39, 0.29) is 0 Å². The number of anilines is 1. The molecule has 0 aliphatic carbocycles. The van der Waals surface area contributed by atoms with Gasteiger partial charge >= 0.3 is 0 Å². The van der Waals surface area contributed by atoms with Gasteiger partial charge in [0.2, 0.25) is 0 Å². The Balaban J connectivity index is 2.10. The van der Waals surface area contributed by atoms with Crippen LogP contribution in [0.25, 0.3) is 0 Å². The number of furan rings is 1. The molecular formula is C17H25N3O. The summed E-state index contributed by atoms with van der Waals surface area (Å²) in [5.41, 5.74) is 1.27. The fraction of sp³-hybridized carbons (Fsp3) is 0.471. The van der Waals surface area contributed by atoms with Crippen LogP contribution in [0.3, 0.4) is 0 Å². The third kappa shape index (κ3) is 4.33. The average molecular weight is 287 g/mol. The first kappa shape index (κ1) is 15.6. The maximum Gasteiger partial charge on any atom is 0.129 e. The summed E-state index contributed by atoms with van der Waals surface area (Å²) >= 11 is 0. The van der Waals surface area contributed by atoms with Crippen molar-refractivity contribution < 1.29 is 4.42 Å². The number of pyridine rings is 1. The van der Waals surface area contributed by atoms with Crippen molar-refractivity contribution in [1.82, 2.24) is 10.3 Å². The molecule has 0 spiro atoms. The standard InChI is InChI=1S/C17H25N3O/c1-4-9-18-14(3)15-8-10-19-17(12-15)20(5-2)13-16-7-6-11-21-16/h6-8,10-12,14,18H,4-5,9,13H2,1-3H3. The van der Waals surface area contributed by atoms with Gasteiger partial charge in [0.05, 0.1) is 12.8 Å². The van der Waals surface area contributed by atoms with Crippen LogP contribution in [-0.4, -0.2) is 18.1 Å². The largest absolute Gasteiger partial charge is 0.467 e. The zero-order chi connectivity index (χ0) is 15.1. The van der Waals surface area contributed by atoms with Crippen molar-refractivity contribution >= 4 is 5.82 Å². The van der Waals surface area contributed by atoms with Crippen LogP contribution in [0.4, 0.5) is 5.82 Å². The maximum absolute atomic E-state index is 5.44. The van der Waals surface area contributed by atoms with E-state index in [1.807, 2.05) is 18.3 Å². The van der Waals surface area contributed by atoms with E-state index in [2.05, 4.69) is 48.1 Å². The van der Waals surface area contributed by atoms with Crippen LogP contribution in [0, 0.1) is 0 Å². The Morgan fingerprint density at radius 1 is 1.33 bits per heavy atom. The minimum absolute atomic E-state index is 0.342. The molecule has 0 bridgehead atoms. The molecule has 2 heterocycles. The van der Waals surface area contributed by atoms with E-state index in [9.17, 15) is 0 Å². The Bertz CT molecular complexity index is 525. The van der Waals surface area contributed by atoms with Gasteiger partial charge in [-0.3, -0.25) is 0 Å². The second kappa shape index (κ2) is 7.84. The highest BCUT2D eigenvalue weighted by atomic mass is 16.3. The molecule has 0 fully saturated rings. The highest BCUT2D eigenvalue weighted by molar-refractivity contribution is 5.42. The van der Waals surface area contributed by atoms with Crippen molar-refractivity contribution in [1.29, 1.82) is 0 Å². The Morgan fingerprint density at radius 3 is 2.86 bits per heavy atom. The molecule has 1 atom stereocenters. The van der Waals surface area contributed by atoms with Crippen LogP contribution in [0.2, 0.25) is 0 Å². The second-order valence-corrected chi connectivity index (χ2v) is 5.22. The van der Waals surface area contributed by atoms with Crippen LogP contribution in [0.5, 0.6) is 0 Å². The smallest absolute Gasteiger partial charge is 0.129 e. The van der Waals surface area contributed by atoms with Gasteiger partial charge in [0, 0.05) is 18.8 Å². The fourth-order valence-electron chi connectivity index (χ4n) is 2.30. The summed E-state index contributed by atoms with van der Waals surface area (Å²) in [5.74, 6) is 1.96. The summed E-state index contributed by atoms with van der Waals surface area (Å²) in [6, 6.07) is 8.51. The highest BCUT2D eigenvalue weighted by Crippen LogP contribution is 2.20. The molecule has 0 amide bonds. The molecule has 2 rings (SSSR count). The van der Waals surface area contributed by atoms with E-state index < -0.39 is 0 Å². The summed E-state index contributed by atoms with van der Waals surface area (Å²) in [7, 11) is 0. The van der Waals surface area contributed by atoms with E-state index in [1.165, 1.54) is 5.56 Å². The topological polar surface area (TPSA) is 41.3 Å². The summed E-state index contributed by atoms with van der Waals surface area (Å²) in [5, 5.41) is 3.51. The van der Waals surface area contributed by atoms with Crippen LogP contribution < -0.4 is 10.2 Å². The van der Waals surface area contributed by atoms with Gasteiger partial charge in [0.25, 0.3) is 0 Å². The molecule has 114 valence electrons. The van der Waals surface area contributed by atoms with Crippen molar-refractivity contribution in [3.05, 3.63) is 48.0 Å². The predicted molar refractivity (Wildman–Crippen MR) is 86.4 cm³/mol. The molecular weight excluding hydrogens is 262 g/mol. The third-order valence-corrected chi connectivity index (χ3v) is 3.60. The number of nitrogens with one attached hydrogen (secondary N) is 1. The van der Waals surface area contributed by atoms with Gasteiger partial charge in [0.15, 0.2) is 0 Å². The third-order valence-electron chi connectivity index (χ3n) is 3.60. The lowest BCUT2D eigenvalue weighted by Crippen LogP contribution is -2.24. The zero-order valence-electron chi connectivity index (χ0n) is 13.2. The summed E-state index contributed by atoms with van der Waals surface area (Å²) in [6.07, 6.45) is 4.74. The maximum atomic E-state index is 5.44. The van der Waals surface area contributed by atoms with Crippen molar-refractivity contribution in [2.45, 2.75) is 39.8 Å². The molecule has 1 unspecified atom stereocenters. The van der Waals surface area contributed by atoms with Crippen LogP contribution in [-0.2, 0) is 6.54 Å². The predicted octanol–water partition coefficient (Wildman–Crippen LogP) is 3.76. The normalized spacial score (nSPS) is 12.3. The van der Waals surface area contributed by atoms with Gasteiger partial charge < -0.3 is 14.6 Å². The molecule has 0 aliphatic heterocycles. The van der Waals surface area contributed by atoms with Crippen molar-refractivity contribution in [3.63, 3.8) is 0 Å². The number of hydrogen-bond acceptors (Lipinski definition) is 4. The van der Waals surface area contributed by atoms with Gasteiger partial charge in [-0.15, -0.1) is 0 Å². The SMILES string of the molecule is CCCNC(C)c1ccnc(N(CC)Cc2ccco2)c1. The van der Waals surface area contributed by atoms with E-state index >= 15 is 0 Å². The Labute approximate surface area is 127 Å². The molecule has 21 heavy (non-hydrogen) atoms. The first-order valence-corrected chi connectivity index (χ1v) is 7.71. The Morgan fingerprint density at radius 2 is 2.19 bits per heavy atom. The number of aromatic nitrogens is 1. The van der Waals surface area contributed by atoms with E-state index in [0.717, 1.165) is 37.6 Å². The summed E-state index contributed by atoms with van der Waals surface area (Å²) < 4.78 is 5.44.